The molecule has 2 aromatic rings. The van der Waals surface area contributed by atoms with Gasteiger partial charge in [0.1, 0.15) is 4.90 Å². The van der Waals surface area contributed by atoms with E-state index in [1.807, 2.05) is 0 Å². The van der Waals surface area contributed by atoms with Gasteiger partial charge in [-0.2, -0.15) is 4.31 Å². The Labute approximate surface area is 135 Å². The van der Waals surface area contributed by atoms with Crippen LogP contribution < -0.4 is 10.6 Å². The maximum absolute atomic E-state index is 12.8. The highest BCUT2D eigenvalue weighted by molar-refractivity contribution is 7.89. The molecule has 1 saturated heterocycles. The second kappa shape index (κ2) is 6.06. The normalized spacial score (nSPS) is 19.1. The standard InChI is InChI=1S/C14H21N5O3S/c1-3-19(4-2)23(20,21)12-6-5-11(13-14(12)17-22-16-13)18-8-7-10(15)9-18/h5-6,10H,3-4,7-9,15H2,1-2H3. The Morgan fingerprint density at radius 2 is 2.00 bits per heavy atom. The third-order valence-corrected chi connectivity index (χ3v) is 6.33. The zero-order valence-electron chi connectivity index (χ0n) is 13.3. The lowest BCUT2D eigenvalue weighted by Gasteiger charge is -2.21. The lowest BCUT2D eigenvalue weighted by Crippen LogP contribution is -2.31. The Kier molecular flexibility index (Phi) is 4.26. The molecule has 1 aromatic heterocycles. The number of nitrogens with zero attached hydrogens (tertiary/aromatic N) is 4. The van der Waals surface area contributed by atoms with Gasteiger partial charge in [0.2, 0.25) is 10.0 Å². The summed E-state index contributed by atoms with van der Waals surface area (Å²) in [5.74, 6) is 0. The number of hydrogen-bond donors (Lipinski definition) is 1. The van der Waals surface area contributed by atoms with E-state index in [1.165, 1.54) is 4.31 Å². The summed E-state index contributed by atoms with van der Waals surface area (Å²) in [6.45, 7) is 5.93. The Morgan fingerprint density at radius 1 is 1.30 bits per heavy atom. The fraction of sp³-hybridized carbons (Fsp3) is 0.571. The van der Waals surface area contributed by atoms with E-state index in [2.05, 4.69) is 15.2 Å². The highest BCUT2D eigenvalue weighted by Crippen LogP contribution is 2.32. The van der Waals surface area contributed by atoms with E-state index in [9.17, 15) is 8.42 Å². The van der Waals surface area contributed by atoms with Crippen LogP contribution in [0.25, 0.3) is 11.0 Å². The van der Waals surface area contributed by atoms with Crippen molar-refractivity contribution in [1.29, 1.82) is 0 Å². The van der Waals surface area contributed by atoms with E-state index in [0.717, 1.165) is 18.7 Å². The monoisotopic (exact) mass is 339 g/mol. The van der Waals surface area contributed by atoms with Crippen molar-refractivity contribution in [3.63, 3.8) is 0 Å². The lowest BCUT2D eigenvalue weighted by atomic mass is 10.2. The fourth-order valence-corrected chi connectivity index (χ4v) is 4.58. The molecule has 9 heteroatoms. The summed E-state index contributed by atoms with van der Waals surface area (Å²) in [5, 5.41) is 7.76. The first kappa shape index (κ1) is 16.2. The minimum absolute atomic E-state index is 0.115. The first-order valence-electron chi connectivity index (χ1n) is 7.75. The third-order valence-electron chi connectivity index (χ3n) is 4.25. The number of anilines is 1. The fourth-order valence-electron chi connectivity index (χ4n) is 3.00. The average molecular weight is 339 g/mol. The van der Waals surface area contributed by atoms with Crippen LogP contribution in [0.3, 0.4) is 0 Å². The zero-order valence-corrected chi connectivity index (χ0v) is 14.1. The molecule has 23 heavy (non-hydrogen) atoms. The van der Waals surface area contributed by atoms with Gasteiger partial charge in [0.05, 0.1) is 5.69 Å². The largest absolute Gasteiger partial charge is 0.368 e. The van der Waals surface area contributed by atoms with Gasteiger partial charge in [-0.05, 0) is 28.9 Å². The molecule has 1 fully saturated rings. The molecule has 2 heterocycles. The number of fused-ring (bicyclic) bond motifs is 1. The molecule has 1 aromatic carbocycles. The van der Waals surface area contributed by atoms with E-state index in [-0.39, 0.29) is 16.5 Å². The molecule has 0 spiro atoms. The molecular formula is C14H21N5O3S. The maximum Gasteiger partial charge on any atom is 0.245 e. The zero-order chi connectivity index (χ0) is 16.6. The molecule has 2 N–H and O–H groups in total. The maximum atomic E-state index is 12.8. The van der Waals surface area contributed by atoms with Crippen molar-refractivity contribution < 1.29 is 13.0 Å². The van der Waals surface area contributed by atoms with Crippen LogP contribution in [0.5, 0.6) is 0 Å². The highest BCUT2D eigenvalue weighted by atomic mass is 32.2. The SMILES string of the molecule is CCN(CC)S(=O)(=O)c1ccc(N2CCC(N)C2)c2nonc12. The van der Waals surface area contributed by atoms with E-state index in [1.54, 1.807) is 26.0 Å². The average Bonchev–Trinajstić information content (AvgIpc) is 3.15. The molecule has 0 bridgehead atoms. The van der Waals surface area contributed by atoms with Gasteiger partial charge in [-0.1, -0.05) is 13.8 Å². The number of nitrogens with two attached hydrogens (primary N) is 1. The molecule has 0 amide bonds. The van der Waals surface area contributed by atoms with Gasteiger partial charge < -0.3 is 10.6 Å². The summed E-state index contributed by atoms with van der Waals surface area (Å²) in [6.07, 6.45) is 0.895. The topological polar surface area (TPSA) is 106 Å². The molecule has 1 unspecified atom stereocenters. The second-order valence-corrected chi connectivity index (χ2v) is 7.53. The molecule has 3 rings (SSSR count). The summed E-state index contributed by atoms with van der Waals surface area (Å²) in [5.41, 5.74) is 7.50. The molecule has 0 radical (unpaired) electrons. The van der Waals surface area contributed by atoms with Crippen LogP contribution in [0.4, 0.5) is 5.69 Å². The predicted molar refractivity (Wildman–Crippen MR) is 86.7 cm³/mol. The van der Waals surface area contributed by atoms with Crippen molar-refractivity contribution in [3.8, 4) is 0 Å². The van der Waals surface area contributed by atoms with Gasteiger partial charge >= 0.3 is 0 Å². The number of benzene rings is 1. The van der Waals surface area contributed by atoms with Crippen LogP contribution in [-0.4, -0.2) is 55.3 Å². The van der Waals surface area contributed by atoms with Crippen LogP contribution >= 0.6 is 0 Å². The van der Waals surface area contributed by atoms with Crippen LogP contribution in [0, 0.1) is 0 Å². The summed E-state index contributed by atoms with van der Waals surface area (Å²) >= 11 is 0. The van der Waals surface area contributed by atoms with Crippen molar-refractivity contribution in [1.82, 2.24) is 14.6 Å². The molecule has 1 atom stereocenters. The highest BCUT2D eigenvalue weighted by Gasteiger charge is 2.29. The van der Waals surface area contributed by atoms with E-state index < -0.39 is 10.0 Å². The minimum Gasteiger partial charge on any atom is -0.368 e. The molecule has 0 aliphatic carbocycles. The van der Waals surface area contributed by atoms with Crippen molar-refractivity contribution in [2.75, 3.05) is 31.1 Å². The first-order chi connectivity index (χ1) is 11.0. The van der Waals surface area contributed by atoms with Gasteiger partial charge in [-0.15, -0.1) is 0 Å². The van der Waals surface area contributed by atoms with Crippen molar-refractivity contribution in [2.24, 2.45) is 5.73 Å². The Morgan fingerprint density at radius 3 is 2.61 bits per heavy atom. The molecule has 8 nitrogen and oxygen atoms in total. The Bertz CT molecular complexity index is 800. The number of hydrogen-bond acceptors (Lipinski definition) is 7. The van der Waals surface area contributed by atoms with Gasteiger partial charge in [-0.3, -0.25) is 0 Å². The predicted octanol–water partition coefficient (Wildman–Crippen LogP) is 0.791. The summed E-state index contributed by atoms with van der Waals surface area (Å²) in [7, 11) is -3.62. The number of sulfonamides is 1. The van der Waals surface area contributed by atoms with Crippen molar-refractivity contribution in [2.45, 2.75) is 31.2 Å². The quantitative estimate of drug-likeness (QED) is 0.858. The minimum atomic E-state index is -3.62. The number of rotatable bonds is 5. The Hall–Kier alpha value is -1.71. The van der Waals surface area contributed by atoms with Crippen molar-refractivity contribution in [3.05, 3.63) is 12.1 Å². The van der Waals surface area contributed by atoms with Crippen LogP contribution in [0.2, 0.25) is 0 Å². The first-order valence-corrected chi connectivity index (χ1v) is 9.19. The smallest absolute Gasteiger partial charge is 0.245 e. The van der Waals surface area contributed by atoms with Gasteiger partial charge in [0, 0.05) is 32.2 Å². The molecule has 1 aliphatic rings. The summed E-state index contributed by atoms with van der Waals surface area (Å²) in [4.78, 5) is 2.22. The van der Waals surface area contributed by atoms with E-state index in [4.69, 9.17) is 10.4 Å². The molecule has 0 saturated carbocycles. The van der Waals surface area contributed by atoms with Crippen LogP contribution in [-0.2, 0) is 10.0 Å². The van der Waals surface area contributed by atoms with E-state index in [0.29, 0.717) is 25.2 Å². The van der Waals surface area contributed by atoms with Crippen LogP contribution in [0.1, 0.15) is 20.3 Å². The van der Waals surface area contributed by atoms with Gasteiger partial charge in [0.25, 0.3) is 0 Å². The van der Waals surface area contributed by atoms with Gasteiger partial charge in [0.15, 0.2) is 11.0 Å². The summed E-state index contributed by atoms with van der Waals surface area (Å²) < 4.78 is 31.8. The third kappa shape index (κ3) is 2.68. The van der Waals surface area contributed by atoms with Crippen LogP contribution in [0.15, 0.2) is 21.7 Å². The lowest BCUT2D eigenvalue weighted by molar-refractivity contribution is 0.315. The second-order valence-electron chi connectivity index (χ2n) is 5.63. The number of aromatic nitrogens is 2. The van der Waals surface area contributed by atoms with Crippen molar-refractivity contribution >= 4 is 26.7 Å². The molecular weight excluding hydrogens is 318 g/mol. The van der Waals surface area contributed by atoms with E-state index >= 15 is 0 Å². The summed E-state index contributed by atoms with van der Waals surface area (Å²) in [6, 6.07) is 3.46. The Balaban J connectivity index is 2.10. The molecule has 126 valence electrons. The molecule has 1 aliphatic heterocycles. The van der Waals surface area contributed by atoms with Gasteiger partial charge in [-0.25, -0.2) is 13.0 Å².